The van der Waals surface area contributed by atoms with E-state index in [0.29, 0.717) is 11.3 Å². The van der Waals surface area contributed by atoms with Crippen LogP contribution in [0.2, 0.25) is 0 Å². The predicted octanol–water partition coefficient (Wildman–Crippen LogP) is 4.56. The van der Waals surface area contributed by atoms with Crippen LogP contribution in [0.25, 0.3) is 0 Å². The van der Waals surface area contributed by atoms with Crippen LogP contribution < -0.4 is 10.1 Å². The van der Waals surface area contributed by atoms with Gasteiger partial charge in [0.2, 0.25) is 5.91 Å². The number of hydrogen-bond acceptors (Lipinski definition) is 2. The molecule has 0 bridgehead atoms. The predicted molar refractivity (Wildman–Crippen MR) is 99.9 cm³/mol. The molecule has 0 saturated heterocycles. The minimum absolute atomic E-state index is 0.161. The number of carbonyl (C=O) groups is 1. The fourth-order valence-corrected chi connectivity index (χ4v) is 2.84. The van der Waals surface area contributed by atoms with E-state index < -0.39 is 0 Å². The van der Waals surface area contributed by atoms with Gasteiger partial charge in [-0.25, -0.2) is 4.39 Å². The molecule has 0 spiro atoms. The van der Waals surface area contributed by atoms with Gasteiger partial charge in [-0.15, -0.1) is 0 Å². The van der Waals surface area contributed by atoms with E-state index in [9.17, 15) is 9.18 Å². The summed E-state index contributed by atoms with van der Waals surface area (Å²) in [5.74, 6) is 0.252. The summed E-state index contributed by atoms with van der Waals surface area (Å²) in [6.07, 6.45) is 4.08. The molecule has 2 aromatic carbocycles. The number of anilines is 1. The second-order valence-corrected chi connectivity index (χ2v) is 6.14. The van der Waals surface area contributed by atoms with Gasteiger partial charge in [0.15, 0.2) is 0 Å². The van der Waals surface area contributed by atoms with Crippen LogP contribution in [-0.4, -0.2) is 17.6 Å². The van der Waals surface area contributed by atoms with E-state index in [2.05, 4.69) is 5.32 Å². The number of halogens is 1. The van der Waals surface area contributed by atoms with E-state index in [1.807, 2.05) is 53.4 Å². The van der Waals surface area contributed by atoms with Gasteiger partial charge in [-0.05, 0) is 54.4 Å². The zero-order valence-electron chi connectivity index (χ0n) is 14.8. The first kappa shape index (κ1) is 17.7. The van der Waals surface area contributed by atoms with Crippen molar-refractivity contribution in [3.63, 3.8) is 0 Å². The van der Waals surface area contributed by atoms with Crippen molar-refractivity contribution in [2.45, 2.75) is 19.4 Å². The van der Waals surface area contributed by atoms with Gasteiger partial charge < -0.3 is 14.6 Å². The molecule has 26 heavy (non-hydrogen) atoms. The molecule has 0 saturated carbocycles. The maximum atomic E-state index is 13.7. The Morgan fingerprint density at radius 2 is 1.85 bits per heavy atom. The summed E-state index contributed by atoms with van der Waals surface area (Å²) in [6, 6.07) is 16.0. The molecule has 0 aliphatic rings. The van der Waals surface area contributed by atoms with Crippen molar-refractivity contribution in [1.29, 1.82) is 0 Å². The number of methoxy groups -OCH3 is 1. The summed E-state index contributed by atoms with van der Waals surface area (Å²) in [5.41, 5.74) is 2.00. The number of benzene rings is 2. The number of rotatable bonds is 6. The van der Waals surface area contributed by atoms with Crippen molar-refractivity contribution < 1.29 is 13.9 Å². The van der Waals surface area contributed by atoms with Crippen LogP contribution in [-0.2, 0) is 4.79 Å². The minimum Gasteiger partial charge on any atom is -0.497 e. The molecule has 0 aliphatic carbocycles. The Hall–Kier alpha value is -3.08. The van der Waals surface area contributed by atoms with Crippen molar-refractivity contribution in [1.82, 2.24) is 4.57 Å². The van der Waals surface area contributed by atoms with Crippen molar-refractivity contribution in [3.05, 3.63) is 83.9 Å². The summed E-state index contributed by atoms with van der Waals surface area (Å²) in [5, 5.41) is 2.78. The van der Waals surface area contributed by atoms with Crippen molar-refractivity contribution >= 4 is 11.6 Å². The average molecular weight is 352 g/mol. The highest BCUT2D eigenvalue weighted by atomic mass is 19.1. The second kappa shape index (κ2) is 7.87. The van der Waals surface area contributed by atoms with E-state index >= 15 is 0 Å². The number of carbonyl (C=O) groups excluding carboxylic acids is 1. The van der Waals surface area contributed by atoms with Gasteiger partial charge in [-0.1, -0.05) is 18.2 Å². The van der Waals surface area contributed by atoms with Gasteiger partial charge in [0, 0.05) is 18.1 Å². The number of ether oxygens (including phenoxy) is 1. The quantitative estimate of drug-likeness (QED) is 0.707. The smallest absolute Gasteiger partial charge is 0.226 e. The van der Waals surface area contributed by atoms with Gasteiger partial charge in [-0.2, -0.15) is 0 Å². The van der Waals surface area contributed by atoms with Crippen LogP contribution in [0.3, 0.4) is 0 Å². The van der Waals surface area contributed by atoms with Gasteiger partial charge in [0.1, 0.15) is 11.6 Å². The second-order valence-electron chi connectivity index (χ2n) is 6.14. The van der Waals surface area contributed by atoms with Gasteiger partial charge >= 0.3 is 0 Å². The number of aryl methyl sites for hydroxylation is 1. The van der Waals surface area contributed by atoms with E-state index in [-0.39, 0.29) is 24.2 Å². The van der Waals surface area contributed by atoms with Crippen LogP contribution in [0.5, 0.6) is 5.75 Å². The van der Waals surface area contributed by atoms with Crippen molar-refractivity contribution in [2.24, 2.45) is 0 Å². The lowest BCUT2D eigenvalue weighted by Crippen LogP contribution is -2.19. The van der Waals surface area contributed by atoms with E-state index in [1.165, 1.54) is 6.07 Å². The number of aromatic nitrogens is 1. The summed E-state index contributed by atoms with van der Waals surface area (Å²) < 4.78 is 20.9. The molecule has 0 fully saturated rings. The monoisotopic (exact) mass is 352 g/mol. The highest BCUT2D eigenvalue weighted by Gasteiger charge is 2.18. The third-order valence-corrected chi connectivity index (χ3v) is 4.32. The number of amides is 1. The first-order chi connectivity index (χ1) is 12.6. The van der Waals surface area contributed by atoms with E-state index in [0.717, 1.165) is 11.3 Å². The zero-order valence-corrected chi connectivity index (χ0v) is 14.8. The minimum atomic E-state index is -0.333. The normalized spacial score (nSPS) is 11.8. The Kier molecular flexibility index (Phi) is 5.37. The Morgan fingerprint density at radius 3 is 2.46 bits per heavy atom. The van der Waals surface area contributed by atoms with Crippen LogP contribution in [0.4, 0.5) is 10.1 Å². The third kappa shape index (κ3) is 4.11. The fourth-order valence-electron chi connectivity index (χ4n) is 2.84. The SMILES string of the molecule is COc1ccc(C(CC(=O)Nc2ccc(C)c(F)c2)n2cccc2)cc1. The largest absolute Gasteiger partial charge is 0.497 e. The zero-order chi connectivity index (χ0) is 18.5. The number of nitrogens with zero attached hydrogens (tertiary/aromatic N) is 1. The Labute approximate surface area is 152 Å². The Morgan fingerprint density at radius 1 is 1.15 bits per heavy atom. The van der Waals surface area contributed by atoms with Gasteiger partial charge in [-0.3, -0.25) is 4.79 Å². The molecule has 4 nitrogen and oxygen atoms in total. The van der Waals surface area contributed by atoms with Crippen LogP contribution >= 0.6 is 0 Å². The lowest BCUT2D eigenvalue weighted by molar-refractivity contribution is -0.116. The molecule has 1 amide bonds. The van der Waals surface area contributed by atoms with E-state index in [4.69, 9.17) is 4.74 Å². The first-order valence-corrected chi connectivity index (χ1v) is 8.39. The topological polar surface area (TPSA) is 43.3 Å². The lowest BCUT2D eigenvalue weighted by Gasteiger charge is -2.20. The molecule has 1 N–H and O–H groups in total. The molecule has 1 unspecified atom stereocenters. The molecular formula is C21H21FN2O2. The average Bonchev–Trinajstić information content (AvgIpc) is 3.17. The molecule has 1 heterocycles. The molecule has 3 rings (SSSR count). The third-order valence-electron chi connectivity index (χ3n) is 4.32. The Balaban J connectivity index is 1.78. The highest BCUT2D eigenvalue weighted by molar-refractivity contribution is 5.91. The van der Waals surface area contributed by atoms with Gasteiger partial charge in [0.25, 0.3) is 0 Å². The maximum absolute atomic E-state index is 13.7. The first-order valence-electron chi connectivity index (χ1n) is 8.39. The van der Waals surface area contributed by atoms with Gasteiger partial charge in [0.05, 0.1) is 19.6 Å². The van der Waals surface area contributed by atoms with E-state index in [1.54, 1.807) is 26.2 Å². The molecule has 134 valence electrons. The summed E-state index contributed by atoms with van der Waals surface area (Å²) in [4.78, 5) is 12.5. The summed E-state index contributed by atoms with van der Waals surface area (Å²) >= 11 is 0. The highest BCUT2D eigenvalue weighted by Crippen LogP contribution is 2.25. The maximum Gasteiger partial charge on any atom is 0.226 e. The lowest BCUT2D eigenvalue weighted by atomic mass is 10.0. The Bertz CT molecular complexity index is 874. The van der Waals surface area contributed by atoms with Crippen LogP contribution in [0, 0.1) is 12.7 Å². The van der Waals surface area contributed by atoms with Crippen molar-refractivity contribution in [3.8, 4) is 5.75 Å². The standard InChI is InChI=1S/C21H21FN2O2/c1-15-5-8-17(13-19(15)22)23-21(25)14-20(24-11-3-4-12-24)16-6-9-18(26-2)10-7-16/h3-13,20H,14H2,1-2H3,(H,23,25). The molecule has 1 aromatic heterocycles. The molecule has 0 radical (unpaired) electrons. The van der Waals surface area contributed by atoms with Crippen LogP contribution in [0.15, 0.2) is 67.0 Å². The molecule has 3 aromatic rings. The number of nitrogens with one attached hydrogen (secondary N) is 1. The molecular weight excluding hydrogens is 331 g/mol. The fraction of sp³-hybridized carbons (Fsp3) is 0.190. The molecule has 5 heteroatoms. The van der Waals surface area contributed by atoms with Crippen LogP contribution in [0.1, 0.15) is 23.6 Å². The summed E-state index contributed by atoms with van der Waals surface area (Å²) in [7, 11) is 1.62. The summed E-state index contributed by atoms with van der Waals surface area (Å²) in [6.45, 7) is 1.69. The van der Waals surface area contributed by atoms with Crippen molar-refractivity contribution in [2.75, 3.05) is 12.4 Å². The molecule has 0 aliphatic heterocycles. The number of hydrogen-bond donors (Lipinski definition) is 1. The molecule has 1 atom stereocenters.